The zero-order chi connectivity index (χ0) is 13.9. The highest BCUT2D eigenvalue weighted by molar-refractivity contribution is 5.46. The fraction of sp³-hybridized carbons (Fsp3) is 0.625. The van der Waals surface area contributed by atoms with E-state index in [2.05, 4.69) is 18.7 Å². The SMILES string of the molecule is CC(C)N(CCCOc1ccc2c(c1)OCO2)C1CC1. The summed E-state index contributed by atoms with van der Waals surface area (Å²) >= 11 is 0. The van der Waals surface area contributed by atoms with Crippen molar-refractivity contribution < 1.29 is 14.2 Å². The van der Waals surface area contributed by atoms with Gasteiger partial charge in [-0.05, 0) is 45.2 Å². The van der Waals surface area contributed by atoms with Crippen LogP contribution >= 0.6 is 0 Å². The van der Waals surface area contributed by atoms with Gasteiger partial charge in [0.15, 0.2) is 11.5 Å². The molecule has 4 nitrogen and oxygen atoms in total. The number of ether oxygens (including phenoxy) is 3. The van der Waals surface area contributed by atoms with Crippen molar-refractivity contribution in [1.82, 2.24) is 4.90 Å². The minimum Gasteiger partial charge on any atom is -0.493 e. The Morgan fingerprint density at radius 2 is 2.05 bits per heavy atom. The number of hydrogen-bond acceptors (Lipinski definition) is 4. The molecular formula is C16H23NO3. The molecule has 0 aromatic heterocycles. The molecule has 1 fully saturated rings. The first-order valence-electron chi connectivity index (χ1n) is 7.52. The van der Waals surface area contributed by atoms with Gasteiger partial charge in [0.2, 0.25) is 6.79 Å². The third kappa shape index (κ3) is 3.18. The van der Waals surface area contributed by atoms with Crippen molar-refractivity contribution in [1.29, 1.82) is 0 Å². The molecule has 4 heteroatoms. The summed E-state index contributed by atoms with van der Waals surface area (Å²) in [6.45, 7) is 6.72. The molecule has 0 saturated heterocycles. The van der Waals surface area contributed by atoms with Crippen LogP contribution in [0.15, 0.2) is 18.2 Å². The van der Waals surface area contributed by atoms with Crippen LogP contribution in [-0.4, -0.2) is 36.9 Å². The zero-order valence-corrected chi connectivity index (χ0v) is 12.3. The predicted octanol–water partition coefficient (Wildman–Crippen LogP) is 3.06. The predicted molar refractivity (Wildman–Crippen MR) is 77.5 cm³/mol. The molecule has 1 aliphatic carbocycles. The first kappa shape index (κ1) is 13.6. The number of benzene rings is 1. The first-order chi connectivity index (χ1) is 9.74. The average molecular weight is 277 g/mol. The molecule has 110 valence electrons. The molecule has 1 aliphatic heterocycles. The van der Waals surface area contributed by atoms with Crippen LogP contribution in [0.4, 0.5) is 0 Å². The van der Waals surface area contributed by atoms with E-state index in [0.29, 0.717) is 12.8 Å². The second-order valence-electron chi connectivity index (χ2n) is 5.78. The normalized spacial score (nSPS) is 17.0. The maximum Gasteiger partial charge on any atom is 0.231 e. The molecule has 0 N–H and O–H groups in total. The standard InChI is InChI=1S/C16H23NO3/c1-12(2)17(13-4-5-13)8-3-9-18-14-6-7-15-16(10-14)20-11-19-15/h6-7,10,12-13H,3-5,8-9,11H2,1-2H3. The number of fused-ring (bicyclic) bond motifs is 1. The molecule has 0 spiro atoms. The summed E-state index contributed by atoms with van der Waals surface area (Å²) < 4.78 is 16.4. The van der Waals surface area contributed by atoms with E-state index < -0.39 is 0 Å². The maximum absolute atomic E-state index is 5.80. The minimum absolute atomic E-state index is 0.309. The molecule has 0 amide bonds. The van der Waals surface area contributed by atoms with Crippen LogP contribution in [0.2, 0.25) is 0 Å². The summed E-state index contributed by atoms with van der Waals surface area (Å²) in [6, 6.07) is 7.20. The molecule has 1 saturated carbocycles. The molecule has 1 aromatic carbocycles. The van der Waals surface area contributed by atoms with Gasteiger partial charge in [0.05, 0.1) is 6.61 Å². The smallest absolute Gasteiger partial charge is 0.231 e. The number of hydrogen-bond donors (Lipinski definition) is 0. The van der Waals surface area contributed by atoms with E-state index in [1.54, 1.807) is 0 Å². The van der Waals surface area contributed by atoms with E-state index in [0.717, 1.165) is 42.9 Å². The quantitative estimate of drug-likeness (QED) is 0.717. The molecule has 3 rings (SSSR count). The van der Waals surface area contributed by atoms with Crippen LogP contribution in [0.3, 0.4) is 0 Å². The van der Waals surface area contributed by atoms with Gasteiger partial charge in [-0.2, -0.15) is 0 Å². The number of nitrogens with zero attached hydrogens (tertiary/aromatic N) is 1. The molecule has 0 radical (unpaired) electrons. The molecule has 0 atom stereocenters. The Morgan fingerprint density at radius 1 is 1.25 bits per heavy atom. The van der Waals surface area contributed by atoms with Crippen molar-refractivity contribution >= 4 is 0 Å². The summed E-state index contributed by atoms with van der Waals surface area (Å²) in [6.07, 6.45) is 3.78. The van der Waals surface area contributed by atoms with Gasteiger partial charge >= 0.3 is 0 Å². The van der Waals surface area contributed by atoms with E-state index in [4.69, 9.17) is 14.2 Å². The highest BCUT2D eigenvalue weighted by Crippen LogP contribution is 2.35. The van der Waals surface area contributed by atoms with Gasteiger partial charge in [-0.1, -0.05) is 0 Å². The Hall–Kier alpha value is -1.42. The van der Waals surface area contributed by atoms with Crippen molar-refractivity contribution in [2.75, 3.05) is 19.9 Å². The van der Waals surface area contributed by atoms with Crippen molar-refractivity contribution in [2.24, 2.45) is 0 Å². The van der Waals surface area contributed by atoms with Gasteiger partial charge in [-0.3, -0.25) is 4.90 Å². The molecular weight excluding hydrogens is 254 g/mol. The highest BCUT2D eigenvalue weighted by atomic mass is 16.7. The van der Waals surface area contributed by atoms with Crippen molar-refractivity contribution in [3.05, 3.63) is 18.2 Å². The second kappa shape index (κ2) is 5.92. The van der Waals surface area contributed by atoms with Crippen LogP contribution in [0.25, 0.3) is 0 Å². The Labute approximate surface area is 120 Å². The number of rotatable bonds is 7. The van der Waals surface area contributed by atoms with Gasteiger partial charge in [-0.25, -0.2) is 0 Å². The molecule has 1 aromatic rings. The summed E-state index contributed by atoms with van der Waals surface area (Å²) in [5.41, 5.74) is 0. The van der Waals surface area contributed by atoms with E-state index >= 15 is 0 Å². The van der Waals surface area contributed by atoms with E-state index in [9.17, 15) is 0 Å². The van der Waals surface area contributed by atoms with Crippen LogP contribution in [0, 0.1) is 0 Å². The zero-order valence-electron chi connectivity index (χ0n) is 12.3. The van der Waals surface area contributed by atoms with Gasteiger partial charge < -0.3 is 14.2 Å². The lowest BCUT2D eigenvalue weighted by Crippen LogP contribution is -2.34. The second-order valence-corrected chi connectivity index (χ2v) is 5.78. The summed E-state index contributed by atoms with van der Waals surface area (Å²) in [4.78, 5) is 2.59. The summed E-state index contributed by atoms with van der Waals surface area (Å²) in [5.74, 6) is 2.44. The topological polar surface area (TPSA) is 30.9 Å². The van der Waals surface area contributed by atoms with Gasteiger partial charge in [0.1, 0.15) is 5.75 Å². The Bertz CT molecular complexity index is 455. The molecule has 0 unspecified atom stereocenters. The summed E-state index contributed by atoms with van der Waals surface area (Å²) in [5, 5.41) is 0. The first-order valence-corrected chi connectivity index (χ1v) is 7.52. The lowest BCUT2D eigenvalue weighted by molar-refractivity contribution is 0.173. The highest BCUT2D eigenvalue weighted by Gasteiger charge is 2.29. The largest absolute Gasteiger partial charge is 0.493 e. The average Bonchev–Trinajstić information content (AvgIpc) is 3.15. The molecule has 1 heterocycles. The van der Waals surface area contributed by atoms with E-state index in [1.807, 2.05) is 18.2 Å². The summed E-state index contributed by atoms with van der Waals surface area (Å²) in [7, 11) is 0. The van der Waals surface area contributed by atoms with Crippen molar-refractivity contribution in [3.63, 3.8) is 0 Å². The molecule has 20 heavy (non-hydrogen) atoms. The van der Waals surface area contributed by atoms with Crippen LogP contribution in [-0.2, 0) is 0 Å². The van der Waals surface area contributed by atoms with Gasteiger partial charge in [0, 0.05) is 24.7 Å². The van der Waals surface area contributed by atoms with Gasteiger partial charge in [-0.15, -0.1) is 0 Å². The lowest BCUT2D eigenvalue weighted by Gasteiger charge is -2.26. The van der Waals surface area contributed by atoms with Crippen LogP contribution < -0.4 is 14.2 Å². The Balaban J connectivity index is 1.43. The Kier molecular flexibility index (Phi) is 4.01. The van der Waals surface area contributed by atoms with Gasteiger partial charge in [0.25, 0.3) is 0 Å². The van der Waals surface area contributed by atoms with Crippen LogP contribution in [0.1, 0.15) is 33.1 Å². The third-order valence-electron chi connectivity index (χ3n) is 3.85. The monoisotopic (exact) mass is 277 g/mol. The van der Waals surface area contributed by atoms with Crippen molar-refractivity contribution in [3.8, 4) is 17.2 Å². The fourth-order valence-corrected chi connectivity index (χ4v) is 2.67. The third-order valence-corrected chi connectivity index (χ3v) is 3.85. The fourth-order valence-electron chi connectivity index (χ4n) is 2.67. The maximum atomic E-state index is 5.80. The van der Waals surface area contributed by atoms with Crippen molar-refractivity contribution in [2.45, 2.75) is 45.2 Å². The lowest BCUT2D eigenvalue weighted by atomic mass is 10.2. The van der Waals surface area contributed by atoms with E-state index in [-0.39, 0.29) is 0 Å². The molecule has 0 bridgehead atoms. The van der Waals surface area contributed by atoms with E-state index in [1.165, 1.54) is 12.8 Å². The minimum atomic E-state index is 0.309. The molecule has 2 aliphatic rings. The Morgan fingerprint density at radius 3 is 2.80 bits per heavy atom. The van der Waals surface area contributed by atoms with Crippen LogP contribution in [0.5, 0.6) is 17.2 Å².